The van der Waals surface area contributed by atoms with Crippen LogP contribution in [0.5, 0.6) is 11.5 Å². The number of rotatable bonds is 3. The third kappa shape index (κ3) is 2.56. The predicted octanol–water partition coefficient (Wildman–Crippen LogP) is 3.32. The maximum absolute atomic E-state index is 10.5. The van der Waals surface area contributed by atoms with E-state index in [-0.39, 0.29) is 0 Å². The van der Waals surface area contributed by atoms with Crippen LogP contribution in [0.4, 0.5) is 0 Å². The van der Waals surface area contributed by atoms with Crippen LogP contribution in [0.2, 0.25) is 0 Å². The molecule has 0 radical (unpaired) electrons. The number of ether oxygens (including phenoxy) is 1. The van der Waals surface area contributed by atoms with Crippen molar-refractivity contribution in [1.82, 2.24) is 0 Å². The lowest BCUT2D eigenvalue weighted by molar-refractivity contribution is -0.945. The fourth-order valence-corrected chi connectivity index (χ4v) is 4.76. The maximum Gasteiger partial charge on any atom is 0.125 e. The minimum absolute atomic E-state index is 0.381. The Morgan fingerprint density at radius 3 is 2.92 bits per heavy atom. The number of hydrogen-bond acceptors (Lipinski definition) is 3. The van der Waals surface area contributed by atoms with Gasteiger partial charge in [-0.2, -0.15) is 0 Å². The molecule has 2 atom stereocenters. The molecule has 0 saturated carbocycles. The van der Waals surface area contributed by atoms with Gasteiger partial charge in [0.05, 0.1) is 19.2 Å². The molecule has 1 aromatic heterocycles. The van der Waals surface area contributed by atoms with E-state index >= 15 is 0 Å². The smallest absolute Gasteiger partial charge is 0.125 e. The summed E-state index contributed by atoms with van der Waals surface area (Å²) in [6.07, 6.45) is 1.13. The Morgan fingerprint density at radius 2 is 2.08 bits per heavy atom. The van der Waals surface area contributed by atoms with Crippen molar-refractivity contribution < 1.29 is 14.7 Å². The molecule has 0 spiro atoms. The summed E-state index contributed by atoms with van der Waals surface area (Å²) in [5, 5.41) is 14.9. The van der Waals surface area contributed by atoms with Crippen molar-refractivity contribution >= 4 is 22.1 Å². The van der Waals surface area contributed by atoms with Crippen molar-refractivity contribution in [2.24, 2.45) is 0 Å². The van der Waals surface area contributed by atoms with Crippen LogP contribution in [0.3, 0.4) is 0 Å². The summed E-state index contributed by atoms with van der Waals surface area (Å²) in [5.41, 5.74) is 2.49. The van der Waals surface area contributed by atoms with Crippen molar-refractivity contribution in [3.63, 3.8) is 0 Å². The molecule has 0 amide bonds. The molecule has 4 heteroatoms. The zero-order valence-electron chi connectivity index (χ0n) is 14.0. The average Bonchev–Trinajstić information content (AvgIpc) is 3.08. The highest BCUT2D eigenvalue weighted by Crippen LogP contribution is 2.31. The van der Waals surface area contributed by atoms with Gasteiger partial charge in [0, 0.05) is 16.9 Å². The zero-order valence-corrected chi connectivity index (χ0v) is 14.8. The SMILES string of the molecule is COc1ccc2ccc(O)c(C[NH+]3CCc4sccc4[C@H]3C)c2c1. The van der Waals surface area contributed by atoms with E-state index in [1.54, 1.807) is 7.11 Å². The molecule has 1 aliphatic rings. The fraction of sp³-hybridized carbons (Fsp3) is 0.300. The first-order valence-electron chi connectivity index (χ1n) is 8.37. The molecule has 124 valence electrons. The van der Waals surface area contributed by atoms with Gasteiger partial charge in [-0.25, -0.2) is 0 Å². The number of phenolic OH excluding ortho intramolecular Hbond substituents is 1. The number of hydrogen-bond donors (Lipinski definition) is 2. The number of methoxy groups -OCH3 is 1. The van der Waals surface area contributed by atoms with Gasteiger partial charge in [-0.3, -0.25) is 0 Å². The highest BCUT2D eigenvalue weighted by Gasteiger charge is 2.29. The van der Waals surface area contributed by atoms with Gasteiger partial charge in [0.25, 0.3) is 0 Å². The van der Waals surface area contributed by atoms with Crippen molar-refractivity contribution in [2.45, 2.75) is 25.9 Å². The molecule has 0 aliphatic carbocycles. The van der Waals surface area contributed by atoms with Crippen LogP contribution < -0.4 is 9.64 Å². The third-order valence-corrected chi connectivity index (χ3v) is 6.25. The molecule has 0 fully saturated rings. The number of thiophene rings is 1. The number of phenols is 1. The normalized spacial score (nSPS) is 20.1. The quantitative estimate of drug-likeness (QED) is 0.767. The molecule has 0 bridgehead atoms. The number of quaternary nitrogens is 1. The number of nitrogens with one attached hydrogen (secondary N) is 1. The van der Waals surface area contributed by atoms with Crippen LogP contribution in [0, 0.1) is 0 Å². The second-order valence-electron chi connectivity index (χ2n) is 6.51. The van der Waals surface area contributed by atoms with E-state index in [4.69, 9.17) is 4.74 Å². The number of aromatic hydroxyl groups is 1. The Morgan fingerprint density at radius 1 is 1.25 bits per heavy atom. The Hall–Kier alpha value is -2.04. The summed E-state index contributed by atoms with van der Waals surface area (Å²) in [5.74, 6) is 1.21. The predicted molar refractivity (Wildman–Crippen MR) is 98.1 cm³/mol. The largest absolute Gasteiger partial charge is 0.507 e. The van der Waals surface area contributed by atoms with E-state index in [1.807, 2.05) is 35.6 Å². The Balaban J connectivity index is 1.73. The molecule has 4 rings (SSSR count). The second-order valence-corrected chi connectivity index (χ2v) is 7.51. The fourth-order valence-electron chi connectivity index (χ4n) is 3.78. The van der Waals surface area contributed by atoms with Crippen molar-refractivity contribution in [3.8, 4) is 11.5 Å². The van der Waals surface area contributed by atoms with Crippen molar-refractivity contribution in [2.75, 3.05) is 13.7 Å². The van der Waals surface area contributed by atoms with E-state index in [0.717, 1.165) is 41.6 Å². The summed E-state index contributed by atoms with van der Waals surface area (Å²) in [4.78, 5) is 3.03. The van der Waals surface area contributed by atoms with Crippen LogP contribution in [0.1, 0.15) is 29.0 Å². The Kier molecular flexibility index (Phi) is 3.94. The summed E-state index contributed by atoms with van der Waals surface area (Å²) in [6, 6.07) is 12.6. The molecule has 2 heterocycles. The van der Waals surface area contributed by atoms with Gasteiger partial charge in [0.2, 0.25) is 0 Å². The van der Waals surface area contributed by atoms with Crippen LogP contribution >= 0.6 is 11.3 Å². The van der Waals surface area contributed by atoms with E-state index in [2.05, 4.69) is 24.4 Å². The molecular formula is C20H22NO2S+. The topological polar surface area (TPSA) is 33.9 Å². The first kappa shape index (κ1) is 15.5. The van der Waals surface area contributed by atoms with E-state index < -0.39 is 0 Å². The molecule has 3 aromatic rings. The lowest BCUT2D eigenvalue weighted by Crippen LogP contribution is -3.11. The molecule has 1 unspecified atom stereocenters. The minimum atomic E-state index is 0.381. The Bertz CT molecular complexity index is 886. The maximum atomic E-state index is 10.5. The molecular weight excluding hydrogens is 318 g/mol. The lowest BCUT2D eigenvalue weighted by Gasteiger charge is -2.31. The van der Waals surface area contributed by atoms with E-state index in [0.29, 0.717) is 11.8 Å². The monoisotopic (exact) mass is 340 g/mol. The highest BCUT2D eigenvalue weighted by molar-refractivity contribution is 7.10. The van der Waals surface area contributed by atoms with Gasteiger partial charge in [0.15, 0.2) is 0 Å². The van der Waals surface area contributed by atoms with Gasteiger partial charge in [0.1, 0.15) is 24.1 Å². The van der Waals surface area contributed by atoms with Crippen molar-refractivity contribution in [1.29, 1.82) is 0 Å². The van der Waals surface area contributed by atoms with Gasteiger partial charge in [-0.05, 0) is 47.3 Å². The van der Waals surface area contributed by atoms with Crippen LogP contribution in [-0.4, -0.2) is 18.8 Å². The first-order valence-corrected chi connectivity index (χ1v) is 9.25. The standard InChI is InChI=1S/C20H21NO2S/c1-13-16-8-10-24-20(16)7-9-21(13)12-18-17-11-15(23-2)5-3-14(17)4-6-19(18)22/h3-6,8,10-11,13,22H,7,9,12H2,1-2H3/p+1/t13-/m1/s1. The molecule has 3 nitrogen and oxygen atoms in total. The lowest BCUT2D eigenvalue weighted by atomic mass is 9.98. The molecule has 1 aliphatic heterocycles. The zero-order chi connectivity index (χ0) is 16.7. The summed E-state index contributed by atoms with van der Waals surface area (Å²) in [6.45, 7) is 4.23. The number of fused-ring (bicyclic) bond motifs is 2. The number of benzene rings is 2. The van der Waals surface area contributed by atoms with Crippen LogP contribution in [0.15, 0.2) is 41.8 Å². The van der Waals surface area contributed by atoms with Gasteiger partial charge >= 0.3 is 0 Å². The Labute approximate surface area is 146 Å². The third-order valence-electron chi connectivity index (χ3n) is 5.25. The average molecular weight is 340 g/mol. The van der Waals surface area contributed by atoms with Gasteiger partial charge < -0.3 is 14.7 Å². The molecule has 2 N–H and O–H groups in total. The summed E-state index contributed by atoms with van der Waals surface area (Å²) < 4.78 is 5.38. The highest BCUT2D eigenvalue weighted by atomic mass is 32.1. The first-order chi connectivity index (χ1) is 11.7. The second kappa shape index (κ2) is 6.11. The van der Waals surface area contributed by atoms with Gasteiger partial charge in [-0.1, -0.05) is 12.1 Å². The van der Waals surface area contributed by atoms with Crippen molar-refractivity contribution in [3.05, 3.63) is 57.8 Å². The van der Waals surface area contributed by atoms with Gasteiger partial charge in [-0.15, -0.1) is 11.3 Å². The van der Waals surface area contributed by atoms with Crippen LogP contribution in [-0.2, 0) is 13.0 Å². The summed E-state index contributed by atoms with van der Waals surface area (Å²) in [7, 11) is 1.68. The van der Waals surface area contributed by atoms with Crippen LogP contribution in [0.25, 0.3) is 10.8 Å². The van der Waals surface area contributed by atoms with E-state index in [9.17, 15) is 5.11 Å². The summed E-state index contributed by atoms with van der Waals surface area (Å²) >= 11 is 1.87. The molecule has 2 aromatic carbocycles. The van der Waals surface area contributed by atoms with E-state index in [1.165, 1.54) is 15.3 Å². The molecule has 0 saturated heterocycles. The molecule has 24 heavy (non-hydrogen) atoms. The minimum Gasteiger partial charge on any atom is -0.507 e.